The van der Waals surface area contributed by atoms with Crippen molar-refractivity contribution in [2.45, 2.75) is 31.0 Å². The summed E-state index contributed by atoms with van der Waals surface area (Å²) in [5, 5.41) is 0. The monoisotopic (exact) mass is 228 g/mol. The van der Waals surface area contributed by atoms with Gasteiger partial charge in [-0.3, -0.25) is 0 Å². The van der Waals surface area contributed by atoms with Gasteiger partial charge in [-0.2, -0.15) is 26.3 Å². The van der Waals surface area contributed by atoms with E-state index in [1.807, 2.05) is 0 Å². The van der Waals surface area contributed by atoms with Gasteiger partial charge in [-0.15, -0.1) is 0 Å². The molecule has 0 aliphatic rings. The molecule has 0 amide bonds. The Kier molecular flexibility index (Phi) is 4.16. The van der Waals surface area contributed by atoms with Crippen LogP contribution in [0.15, 0.2) is 0 Å². The number of hydrogen-bond acceptors (Lipinski definition) is 1. The van der Waals surface area contributed by atoms with Gasteiger partial charge >= 0.3 is 12.4 Å². The molecule has 0 rings (SSSR count). The summed E-state index contributed by atoms with van der Waals surface area (Å²) in [6, 6.07) is 0. The second-order valence-corrected chi connectivity index (χ2v) is 2.54. The summed E-state index contributed by atoms with van der Waals surface area (Å²) in [5.41, 5.74) is 0. The van der Waals surface area contributed by atoms with Gasteiger partial charge in [-0.25, -0.2) is 4.39 Å². The molecule has 86 valence electrons. The van der Waals surface area contributed by atoms with Crippen LogP contribution in [0.25, 0.3) is 0 Å². The SMILES string of the molecule is COC(CC(F)(F)F)C(F)C(F)(F)F. The van der Waals surface area contributed by atoms with Gasteiger partial charge in [-0.1, -0.05) is 0 Å². The maximum absolute atomic E-state index is 12.4. The van der Waals surface area contributed by atoms with E-state index in [0.29, 0.717) is 7.11 Å². The zero-order valence-corrected chi connectivity index (χ0v) is 6.92. The summed E-state index contributed by atoms with van der Waals surface area (Å²) in [7, 11) is 0.592. The van der Waals surface area contributed by atoms with Crippen LogP contribution in [0.2, 0.25) is 0 Å². The van der Waals surface area contributed by atoms with Crippen LogP contribution in [0.4, 0.5) is 30.7 Å². The first-order valence-electron chi connectivity index (χ1n) is 3.38. The van der Waals surface area contributed by atoms with Crippen LogP contribution in [-0.2, 0) is 4.74 Å². The number of alkyl halides is 7. The lowest BCUT2D eigenvalue weighted by Crippen LogP contribution is -2.40. The summed E-state index contributed by atoms with van der Waals surface area (Å²) in [6.45, 7) is 0. The third-order valence-corrected chi connectivity index (χ3v) is 1.37. The lowest BCUT2D eigenvalue weighted by atomic mass is 10.1. The maximum atomic E-state index is 12.4. The molecular weight excluding hydrogens is 221 g/mol. The topological polar surface area (TPSA) is 9.23 Å². The first-order valence-corrected chi connectivity index (χ1v) is 3.38. The molecule has 2 unspecified atom stereocenters. The van der Waals surface area contributed by atoms with Crippen molar-refractivity contribution in [3.8, 4) is 0 Å². The van der Waals surface area contributed by atoms with Crippen LogP contribution in [0.5, 0.6) is 0 Å². The molecular formula is C6H7F7O. The standard InChI is InChI=1S/C6H7F7O/c1-14-3(2-5(8,9)10)4(7)6(11,12)13/h3-4H,2H2,1H3. The molecule has 0 aromatic heterocycles. The van der Waals surface area contributed by atoms with Crippen LogP contribution in [0.3, 0.4) is 0 Å². The molecule has 0 aliphatic carbocycles. The molecule has 14 heavy (non-hydrogen) atoms. The van der Waals surface area contributed by atoms with Gasteiger partial charge in [0.1, 0.15) is 6.10 Å². The van der Waals surface area contributed by atoms with E-state index < -0.39 is 31.0 Å². The van der Waals surface area contributed by atoms with Crippen LogP contribution in [0, 0.1) is 0 Å². The highest BCUT2D eigenvalue weighted by Crippen LogP contribution is 2.32. The van der Waals surface area contributed by atoms with E-state index in [2.05, 4.69) is 4.74 Å². The summed E-state index contributed by atoms with van der Waals surface area (Å²) < 4.78 is 86.0. The molecule has 0 spiro atoms. The molecule has 0 radical (unpaired) electrons. The van der Waals surface area contributed by atoms with E-state index in [-0.39, 0.29) is 0 Å². The average molecular weight is 228 g/mol. The quantitative estimate of drug-likeness (QED) is 0.675. The molecule has 0 N–H and O–H groups in total. The second-order valence-electron chi connectivity index (χ2n) is 2.54. The van der Waals surface area contributed by atoms with Crippen molar-refractivity contribution in [3.05, 3.63) is 0 Å². The molecule has 0 aliphatic heterocycles. The number of rotatable bonds is 3. The third-order valence-electron chi connectivity index (χ3n) is 1.37. The fourth-order valence-electron chi connectivity index (χ4n) is 0.745. The van der Waals surface area contributed by atoms with Gasteiger partial charge in [0.25, 0.3) is 0 Å². The second kappa shape index (κ2) is 4.33. The zero-order valence-electron chi connectivity index (χ0n) is 6.92. The van der Waals surface area contributed by atoms with E-state index in [4.69, 9.17) is 0 Å². The van der Waals surface area contributed by atoms with Crippen molar-refractivity contribution in [3.63, 3.8) is 0 Å². The summed E-state index contributed by atoms with van der Waals surface area (Å²) in [6.07, 6.45) is -18.4. The molecule has 0 fully saturated rings. The molecule has 8 heteroatoms. The fraction of sp³-hybridized carbons (Fsp3) is 1.00. The van der Waals surface area contributed by atoms with Gasteiger partial charge in [0, 0.05) is 7.11 Å². The van der Waals surface area contributed by atoms with E-state index in [1.165, 1.54) is 0 Å². The smallest absolute Gasteiger partial charge is 0.378 e. The van der Waals surface area contributed by atoms with Gasteiger partial charge in [0.15, 0.2) is 0 Å². The highest BCUT2D eigenvalue weighted by molar-refractivity contribution is 4.78. The van der Waals surface area contributed by atoms with Crippen molar-refractivity contribution in [1.29, 1.82) is 0 Å². The highest BCUT2D eigenvalue weighted by Gasteiger charge is 2.49. The largest absolute Gasteiger partial charge is 0.422 e. The van der Waals surface area contributed by atoms with Crippen LogP contribution >= 0.6 is 0 Å². The predicted octanol–water partition coefficient (Wildman–Crippen LogP) is 2.85. The van der Waals surface area contributed by atoms with Gasteiger partial charge in [0.2, 0.25) is 6.17 Å². The lowest BCUT2D eigenvalue weighted by molar-refractivity contribution is -0.229. The summed E-state index contributed by atoms with van der Waals surface area (Å²) in [5.74, 6) is 0. The van der Waals surface area contributed by atoms with E-state index in [9.17, 15) is 30.7 Å². The van der Waals surface area contributed by atoms with Crippen molar-refractivity contribution in [2.75, 3.05) is 7.11 Å². The number of methoxy groups -OCH3 is 1. The summed E-state index contributed by atoms with van der Waals surface area (Å²) in [4.78, 5) is 0. The highest BCUT2D eigenvalue weighted by atomic mass is 19.4. The lowest BCUT2D eigenvalue weighted by Gasteiger charge is -2.22. The molecule has 1 nitrogen and oxygen atoms in total. The van der Waals surface area contributed by atoms with Crippen LogP contribution in [0.1, 0.15) is 6.42 Å². The average Bonchev–Trinajstić information content (AvgIpc) is 1.95. The molecule has 0 saturated heterocycles. The maximum Gasteiger partial charge on any atom is 0.422 e. The Hall–Kier alpha value is -0.530. The van der Waals surface area contributed by atoms with E-state index in [1.54, 1.807) is 0 Å². The minimum Gasteiger partial charge on any atom is -0.378 e. The van der Waals surface area contributed by atoms with Gasteiger partial charge < -0.3 is 4.74 Å². The Morgan fingerprint density at radius 2 is 1.50 bits per heavy atom. The molecule has 0 aromatic carbocycles. The molecule has 2 atom stereocenters. The minimum atomic E-state index is -5.34. The van der Waals surface area contributed by atoms with Crippen molar-refractivity contribution < 1.29 is 35.5 Å². The molecule has 0 heterocycles. The van der Waals surface area contributed by atoms with Crippen LogP contribution < -0.4 is 0 Å². The first kappa shape index (κ1) is 13.5. The molecule has 0 bridgehead atoms. The van der Waals surface area contributed by atoms with Crippen molar-refractivity contribution in [1.82, 2.24) is 0 Å². The molecule has 0 saturated carbocycles. The Balaban J connectivity index is 4.42. The number of ether oxygens (including phenoxy) is 1. The fourth-order valence-corrected chi connectivity index (χ4v) is 0.745. The van der Waals surface area contributed by atoms with E-state index >= 15 is 0 Å². The summed E-state index contributed by atoms with van der Waals surface area (Å²) >= 11 is 0. The minimum absolute atomic E-state index is 0.592. The number of halogens is 7. The number of hydrogen-bond donors (Lipinski definition) is 0. The van der Waals surface area contributed by atoms with Gasteiger partial charge in [0.05, 0.1) is 6.42 Å². The Labute approximate surface area is 74.8 Å². The van der Waals surface area contributed by atoms with Crippen LogP contribution in [-0.4, -0.2) is 31.7 Å². The molecule has 0 aromatic rings. The van der Waals surface area contributed by atoms with Gasteiger partial charge in [-0.05, 0) is 0 Å². The Morgan fingerprint density at radius 1 is 1.07 bits per heavy atom. The van der Waals surface area contributed by atoms with E-state index in [0.717, 1.165) is 0 Å². The zero-order chi connectivity index (χ0) is 11.6. The first-order chi connectivity index (χ1) is 6.08. The Morgan fingerprint density at radius 3 is 1.71 bits per heavy atom. The Bertz CT molecular complexity index is 172. The third kappa shape index (κ3) is 4.64. The predicted molar refractivity (Wildman–Crippen MR) is 32.4 cm³/mol. The van der Waals surface area contributed by atoms with Crippen molar-refractivity contribution >= 4 is 0 Å². The normalized spacial score (nSPS) is 18.0. The van der Waals surface area contributed by atoms with Crippen molar-refractivity contribution in [2.24, 2.45) is 0 Å².